The van der Waals surface area contributed by atoms with E-state index in [1.807, 2.05) is 19.1 Å². The third-order valence-electron chi connectivity index (χ3n) is 2.75. The summed E-state index contributed by atoms with van der Waals surface area (Å²) in [7, 11) is 0. The molecule has 1 unspecified atom stereocenters. The summed E-state index contributed by atoms with van der Waals surface area (Å²) in [6.45, 7) is 2.68. The van der Waals surface area contributed by atoms with Gasteiger partial charge in [-0.05, 0) is 24.6 Å². The van der Waals surface area contributed by atoms with Gasteiger partial charge in [0.15, 0.2) is 0 Å². The lowest BCUT2D eigenvalue weighted by Crippen LogP contribution is -2.19. The van der Waals surface area contributed by atoms with Crippen molar-refractivity contribution in [3.8, 4) is 0 Å². The van der Waals surface area contributed by atoms with Gasteiger partial charge >= 0.3 is 0 Å². The number of hydrogen-bond donors (Lipinski definition) is 3. The maximum Gasteiger partial charge on any atom is 0.248 e. The zero-order valence-corrected chi connectivity index (χ0v) is 10.2. The standard InChI is InChI=1S/C13H16N4O/c1-9(13-15-5-6-16-13)17-8-10-3-2-4-11(7-10)12(14)18/h2-7,9,17H,8H2,1H3,(H2,14,18)(H,15,16). The van der Waals surface area contributed by atoms with Crippen molar-refractivity contribution in [2.75, 3.05) is 0 Å². The molecule has 0 fully saturated rings. The van der Waals surface area contributed by atoms with Crippen LogP contribution in [0.1, 0.15) is 34.7 Å². The van der Waals surface area contributed by atoms with Crippen molar-refractivity contribution >= 4 is 5.91 Å². The molecule has 2 rings (SSSR count). The number of aromatic amines is 1. The number of rotatable bonds is 5. The number of amides is 1. The summed E-state index contributed by atoms with van der Waals surface area (Å²) in [5.74, 6) is 0.483. The van der Waals surface area contributed by atoms with E-state index in [1.54, 1.807) is 24.5 Å². The Kier molecular flexibility index (Phi) is 3.74. The summed E-state index contributed by atoms with van der Waals surface area (Å²) < 4.78 is 0. The average molecular weight is 244 g/mol. The summed E-state index contributed by atoms with van der Waals surface area (Å²) in [4.78, 5) is 18.3. The zero-order chi connectivity index (χ0) is 13.0. The van der Waals surface area contributed by atoms with Crippen LogP contribution in [0.25, 0.3) is 0 Å². The number of nitrogens with two attached hydrogens (primary N) is 1. The summed E-state index contributed by atoms with van der Waals surface area (Å²) in [6, 6.07) is 7.41. The number of aromatic nitrogens is 2. The fraction of sp³-hybridized carbons (Fsp3) is 0.231. The topological polar surface area (TPSA) is 83.8 Å². The van der Waals surface area contributed by atoms with Crippen molar-refractivity contribution in [1.82, 2.24) is 15.3 Å². The number of nitrogens with zero attached hydrogens (tertiary/aromatic N) is 1. The highest BCUT2D eigenvalue weighted by Crippen LogP contribution is 2.09. The van der Waals surface area contributed by atoms with Crippen LogP contribution in [0, 0.1) is 0 Å². The molecule has 1 aromatic carbocycles. The first-order chi connectivity index (χ1) is 8.66. The van der Waals surface area contributed by atoms with E-state index in [9.17, 15) is 4.79 Å². The molecule has 5 nitrogen and oxygen atoms in total. The summed E-state index contributed by atoms with van der Waals surface area (Å²) in [6.07, 6.45) is 3.52. The predicted molar refractivity (Wildman–Crippen MR) is 68.8 cm³/mol. The number of hydrogen-bond acceptors (Lipinski definition) is 3. The van der Waals surface area contributed by atoms with E-state index in [0.29, 0.717) is 12.1 Å². The molecule has 18 heavy (non-hydrogen) atoms. The van der Waals surface area contributed by atoms with E-state index in [4.69, 9.17) is 5.73 Å². The molecule has 1 amide bonds. The first-order valence-electron chi connectivity index (χ1n) is 5.78. The van der Waals surface area contributed by atoms with Gasteiger partial charge in [0.1, 0.15) is 5.82 Å². The van der Waals surface area contributed by atoms with Crippen molar-refractivity contribution in [2.24, 2.45) is 5.73 Å². The van der Waals surface area contributed by atoms with E-state index in [1.165, 1.54) is 0 Å². The molecule has 0 bridgehead atoms. The Bertz CT molecular complexity index is 522. The quantitative estimate of drug-likeness (QED) is 0.742. The van der Waals surface area contributed by atoms with Crippen molar-refractivity contribution in [2.45, 2.75) is 19.5 Å². The lowest BCUT2D eigenvalue weighted by Gasteiger charge is -2.11. The summed E-state index contributed by atoms with van der Waals surface area (Å²) >= 11 is 0. The molecule has 0 saturated heterocycles. The molecule has 0 saturated carbocycles. The maximum atomic E-state index is 11.1. The Morgan fingerprint density at radius 1 is 1.56 bits per heavy atom. The van der Waals surface area contributed by atoms with Crippen LogP contribution in [0.3, 0.4) is 0 Å². The minimum atomic E-state index is -0.407. The van der Waals surface area contributed by atoms with Gasteiger partial charge in [0.05, 0.1) is 6.04 Å². The number of imidazole rings is 1. The molecule has 1 heterocycles. The highest BCUT2D eigenvalue weighted by molar-refractivity contribution is 5.92. The molecule has 0 radical (unpaired) electrons. The monoisotopic (exact) mass is 244 g/mol. The molecule has 0 aliphatic carbocycles. The summed E-state index contributed by atoms with van der Waals surface area (Å²) in [5.41, 5.74) is 6.79. The molecular formula is C13H16N4O. The first kappa shape index (κ1) is 12.3. The Hall–Kier alpha value is -2.14. The van der Waals surface area contributed by atoms with Crippen LogP contribution in [0.5, 0.6) is 0 Å². The Morgan fingerprint density at radius 3 is 3.06 bits per heavy atom. The maximum absolute atomic E-state index is 11.1. The van der Waals surface area contributed by atoms with E-state index in [-0.39, 0.29) is 6.04 Å². The third-order valence-corrected chi connectivity index (χ3v) is 2.75. The normalized spacial score (nSPS) is 12.3. The number of primary amides is 1. The molecule has 1 aromatic heterocycles. The second-order valence-corrected chi connectivity index (χ2v) is 4.14. The molecule has 4 N–H and O–H groups in total. The molecule has 5 heteroatoms. The first-order valence-corrected chi connectivity index (χ1v) is 5.78. The Labute approximate surface area is 105 Å². The van der Waals surface area contributed by atoms with Gasteiger partial charge in [-0.25, -0.2) is 4.98 Å². The van der Waals surface area contributed by atoms with Gasteiger partial charge in [0, 0.05) is 24.5 Å². The van der Waals surface area contributed by atoms with Crippen LogP contribution < -0.4 is 11.1 Å². The van der Waals surface area contributed by atoms with E-state index in [2.05, 4.69) is 15.3 Å². The third kappa shape index (κ3) is 2.95. The number of H-pyrrole nitrogens is 1. The van der Waals surface area contributed by atoms with Crippen LogP contribution in [0.15, 0.2) is 36.7 Å². The number of carbonyl (C=O) groups is 1. The summed E-state index contributed by atoms with van der Waals surface area (Å²) in [5, 5.41) is 3.32. The second-order valence-electron chi connectivity index (χ2n) is 4.14. The van der Waals surface area contributed by atoms with Crippen molar-refractivity contribution in [3.05, 3.63) is 53.6 Å². The number of carbonyl (C=O) groups excluding carboxylic acids is 1. The second kappa shape index (κ2) is 5.46. The minimum Gasteiger partial charge on any atom is -0.366 e. The fourth-order valence-electron chi connectivity index (χ4n) is 1.72. The largest absolute Gasteiger partial charge is 0.366 e. The van der Waals surface area contributed by atoms with Gasteiger partial charge in [-0.2, -0.15) is 0 Å². The number of nitrogens with one attached hydrogen (secondary N) is 2. The predicted octanol–water partition coefficient (Wildman–Crippen LogP) is 1.36. The highest BCUT2D eigenvalue weighted by Gasteiger charge is 2.07. The SMILES string of the molecule is CC(NCc1cccc(C(N)=O)c1)c1ncc[nH]1. The molecule has 0 aliphatic heterocycles. The lowest BCUT2D eigenvalue weighted by molar-refractivity contribution is 0.1000. The van der Waals surface area contributed by atoms with Crippen LogP contribution in [-0.4, -0.2) is 15.9 Å². The van der Waals surface area contributed by atoms with E-state index in [0.717, 1.165) is 11.4 Å². The molecule has 94 valence electrons. The van der Waals surface area contributed by atoms with Crippen LogP contribution in [0.4, 0.5) is 0 Å². The van der Waals surface area contributed by atoms with Crippen LogP contribution in [-0.2, 0) is 6.54 Å². The van der Waals surface area contributed by atoms with Gasteiger partial charge in [-0.1, -0.05) is 12.1 Å². The lowest BCUT2D eigenvalue weighted by atomic mass is 10.1. The van der Waals surface area contributed by atoms with Crippen LogP contribution in [0.2, 0.25) is 0 Å². The molecule has 0 spiro atoms. The van der Waals surface area contributed by atoms with Gasteiger partial charge in [-0.15, -0.1) is 0 Å². The highest BCUT2D eigenvalue weighted by atomic mass is 16.1. The van der Waals surface area contributed by atoms with Gasteiger partial charge in [0.2, 0.25) is 5.91 Å². The number of benzene rings is 1. The molecular weight excluding hydrogens is 228 g/mol. The molecule has 2 aromatic rings. The Balaban J connectivity index is 1.98. The van der Waals surface area contributed by atoms with Gasteiger partial charge in [-0.3, -0.25) is 4.79 Å². The van der Waals surface area contributed by atoms with Crippen molar-refractivity contribution in [3.63, 3.8) is 0 Å². The van der Waals surface area contributed by atoms with Gasteiger partial charge < -0.3 is 16.0 Å². The zero-order valence-electron chi connectivity index (χ0n) is 10.2. The van der Waals surface area contributed by atoms with E-state index < -0.39 is 5.91 Å². The fourth-order valence-corrected chi connectivity index (χ4v) is 1.72. The Morgan fingerprint density at radius 2 is 2.39 bits per heavy atom. The minimum absolute atomic E-state index is 0.122. The molecule has 0 aliphatic rings. The van der Waals surface area contributed by atoms with Crippen molar-refractivity contribution < 1.29 is 4.79 Å². The van der Waals surface area contributed by atoms with Gasteiger partial charge in [0.25, 0.3) is 0 Å². The van der Waals surface area contributed by atoms with Crippen molar-refractivity contribution in [1.29, 1.82) is 0 Å². The van der Waals surface area contributed by atoms with Crippen LogP contribution >= 0.6 is 0 Å². The average Bonchev–Trinajstić information content (AvgIpc) is 2.90. The van der Waals surface area contributed by atoms with E-state index >= 15 is 0 Å². The molecule has 1 atom stereocenters. The smallest absolute Gasteiger partial charge is 0.248 e.